The number of hydrogen-bond donors (Lipinski definition) is 1. The third-order valence-electron chi connectivity index (χ3n) is 2.61. The third-order valence-corrected chi connectivity index (χ3v) is 3.49. The van der Waals surface area contributed by atoms with Gasteiger partial charge < -0.3 is 5.32 Å². The molecule has 1 aromatic carbocycles. The summed E-state index contributed by atoms with van der Waals surface area (Å²) in [6.45, 7) is 4.04. The normalized spacial score (nSPS) is 10.3. The second-order valence-corrected chi connectivity index (χ2v) is 5.62. The average Bonchev–Trinajstić information content (AvgIpc) is 2.38. The predicted molar refractivity (Wildman–Crippen MR) is 81.9 cm³/mol. The Labute approximate surface area is 123 Å². The molecule has 104 valence electrons. The van der Waals surface area contributed by atoms with E-state index in [9.17, 15) is 4.79 Å². The summed E-state index contributed by atoms with van der Waals surface area (Å²) >= 11 is 1.48. The van der Waals surface area contributed by atoms with Crippen molar-refractivity contribution >= 4 is 23.4 Å². The molecule has 1 heterocycles. The van der Waals surface area contributed by atoms with E-state index in [1.165, 1.54) is 11.8 Å². The number of aromatic nitrogens is 2. The number of amides is 1. The molecule has 2 aromatic rings. The highest BCUT2D eigenvalue weighted by Crippen LogP contribution is 2.15. The van der Waals surface area contributed by atoms with E-state index in [0.717, 1.165) is 16.8 Å². The summed E-state index contributed by atoms with van der Waals surface area (Å²) in [6.07, 6.45) is 3.84. The molecule has 0 fully saturated rings. The Morgan fingerprint density at radius 3 is 2.45 bits per heavy atom. The average molecular weight is 287 g/mol. The zero-order chi connectivity index (χ0) is 14.4. The number of benzene rings is 1. The van der Waals surface area contributed by atoms with Crippen LogP contribution in [0.15, 0.2) is 41.8 Å². The first-order chi connectivity index (χ1) is 9.63. The van der Waals surface area contributed by atoms with E-state index in [-0.39, 0.29) is 5.91 Å². The molecular weight excluding hydrogens is 270 g/mol. The fraction of sp³-hybridized carbons (Fsp3) is 0.267. The number of thioether (sulfide) groups is 1. The third kappa shape index (κ3) is 4.66. The van der Waals surface area contributed by atoms with E-state index >= 15 is 0 Å². The molecule has 0 aliphatic heterocycles. The lowest BCUT2D eigenvalue weighted by Crippen LogP contribution is -2.12. The van der Waals surface area contributed by atoms with E-state index in [2.05, 4.69) is 21.4 Å². The Balaban J connectivity index is 1.81. The summed E-state index contributed by atoms with van der Waals surface area (Å²) in [7, 11) is 0. The predicted octanol–water partition coefficient (Wildman–Crippen LogP) is 3.21. The van der Waals surface area contributed by atoms with Crippen molar-refractivity contribution in [2.24, 2.45) is 0 Å². The number of aryl methyl sites for hydroxylation is 2. The maximum absolute atomic E-state index is 11.9. The van der Waals surface area contributed by atoms with Crippen molar-refractivity contribution in [2.45, 2.75) is 25.4 Å². The maximum Gasteiger partial charge on any atom is 0.225 e. The number of nitrogens with one attached hydrogen (secondary N) is 1. The number of carbonyl (C=O) groups excluding carboxylic acids is 1. The number of anilines is 1. The van der Waals surface area contributed by atoms with E-state index in [0.29, 0.717) is 17.3 Å². The molecule has 5 heteroatoms. The van der Waals surface area contributed by atoms with Gasteiger partial charge in [-0.05, 0) is 43.2 Å². The van der Waals surface area contributed by atoms with Gasteiger partial charge in [-0.2, -0.15) is 0 Å². The second kappa shape index (κ2) is 7.05. The van der Waals surface area contributed by atoms with Gasteiger partial charge in [0.1, 0.15) is 0 Å². The molecule has 0 atom stereocenters. The molecule has 0 bridgehead atoms. The smallest absolute Gasteiger partial charge is 0.225 e. The maximum atomic E-state index is 11.9. The van der Waals surface area contributed by atoms with Crippen molar-refractivity contribution < 1.29 is 4.79 Å². The molecule has 0 unspecified atom stereocenters. The molecule has 0 radical (unpaired) electrons. The summed E-state index contributed by atoms with van der Waals surface area (Å²) in [4.78, 5) is 20.1. The Kier molecular flexibility index (Phi) is 5.12. The van der Waals surface area contributed by atoms with Gasteiger partial charge in [0.05, 0.1) is 0 Å². The molecule has 0 saturated carbocycles. The lowest BCUT2D eigenvalue weighted by Gasteiger charge is -2.07. The highest BCUT2D eigenvalue weighted by molar-refractivity contribution is 7.99. The minimum absolute atomic E-state index is 0.0124. The molecule has 1 N–H and O–H groups in total. The first-order valence-electron chi connectivity index (χ1n) is 6.41. The van der Waals surface area contributed by atoms with E-state index in [1.807, 2.05) is 26.0 Å². The van der Waals surface area contributed by atoms with Gasteiger partial charge in [-0.15, -0.1) is 0 Å². The molecule has 0 aliphatic carbocycles. The number of hydrogen-bond acceptors (Lipinski definition) is 4. The Hall–Kier alpha value is -1.88. The molecule has 20 heavy (non-hydrogen) atoms. The van der Waals surface area contributed by atoms with Crippen LogP contribution in [0.1, 0.15) is 17.5 Å². The Bertz CT molecular complexity index is 567. The van der Waals surface area contributed by atoms with Gasteiger partial charge in [0.15, 0.2) is 5.16 Å². The summed E-state index contributed by atoms with van der Waals surface area (Å²) in [5.41, 5.74) is 3.15. The molecular formula is C15H17N3OS. The zero-order valence-electron chi connectivity index (χ0n) is 11.6. The van der Waals surface area contributed by atoms with Gasteiger partial charge in [-0.3, -0.25) is 4.79 Å². The van der Waals surface area contributed by atoms with E-state index < -0.39 is 0 Å². The van der Waals surface area contributed by atoms with Gasteiger partial charge in [-0.1, -0.05) is 17.8 Å². The fourth-order valence-electron chi connectivity index (χ4n) is 1.87. The highest BCUT2D eigenvalue weighted by Gasteiger charge is 2.04. The Morgan fingerprint density at radius 2 is 1.80 bits per heavy atom. The number of nitrogens with zero attached hydrogens (tertiary/aromatic N) is 2. The summed E-state index contributed by atoms with van der Waals surface area (Å²) in [6, 6.07) is 7.80. The quantitative estimate of drug-likeness (QED) is 0.677. The highest BCUT2D eigenvalue weighted by atomic mass is 32.2. The van der Waals surface area contributed by atoms with Crippen molar-refractivity contribution in [2.75, 3.05) is 11.1 Å². The fourth-order valence-corrected chi connectivity index (χ4v) is 2.61. The van der Waals surface area contributed by atoms with E-state index in [1.54, 1.807) is 18.5 Å². The molecule has 4 nitrogen and oxygen atoms in total. The van der Waals surface area contributed by atoms with Crippen LogP contribution in [0, 0.1) is 13.8 Å². The van der Waals surface area contributed by atoms with Crippen LogP contribution in [0.3, 0.4) is 0 Å². The van der Waals surface area contributed by atoms with Gasteiger partial charge in [0.2, 0.25) is 5.91 Å². The topological polar surface area (TPSA) is 54.9 Å². The van der Waals surface area contributed by atoms with Gasteiger partial charge in [0, 0.05) is 30.3 Å². The van der Waals surface area contributed by atoms with Gasteiger partial charge >= 0.3 is 0 Å². The van der Waals surface area contributed by atoms with Crippen LogP contribution in [0.5, 0.6) is 0 Å². The molecule has 2 rings (SSSR count). The number of carbonyl (C=O) groups is 1. The van der Waals surface area contributed by atoms with Crippen molar-refractivity contribution in [1.82, 2.24) is 9.97 Å². The van der Waals surface area contributed by atoms with E-state index in [4.69, 9.17) is 0 Å². The first-order valence-corrected chi connectivity index (χ1v) is 7.40. The van der Waals surface area contributed by atoms with Crippen molar-refractivity contribution in [3.63, 3.8) is 0 Å². The van der Waals surface area contributed by atoms with Crippen molar-refractivity contribution in [3.05, 3.63) is 47.8 Å². The number of rotatable bonds is 5. The standard InChI is InChI=1S/C15H17N3OS/c1-11-8-12(2)10-13(9-11)18-14(19)4-7-20-15-16-5-3-6-17-15/h3,5-6,8-10H,4,7H2,1-2H3,(H,18,19). The van der Waals surface area contributed by atoms with Crippen LogP contribution in [-0.4, -0.2) is 21.6 Å². The molecule has 1 amide bonds. The van der Waals surface area contributed by atoms with Crippen LogP contribution in [-0.2, 0) is 4.79 Å². The summed E-state index contributed by atoms with van der Waals surface area (Å²) < 4.78 is 0. The van der Waals surface area contributed by atoms with Gasteiger partial charge in [0.25, 0.3) is 0 Å². The lowest BCUT2D eigenvalue weighted by molar-refractivity contribution is -0.115. The SMILES string of the molecule is Cc1cc(C)cc(NC(=O)CCSc2ncccn2)c1. The molecule has 0 spiro atoms. The van der Waals surface area contributed by atoms with Gasteiger partial charge in [-0.25, -0.2) is 9.97 Å². The van der Waals surface area contributed by atoms with Crippen LogP contribution < -0.4 is 5.32 Å². The van der Waals surface area contributed by atoms with Crippen LogP contribution in [0.4, 0.5) is 5.69 Å². The summed E-state index contributed by atoms with van der Waals surface area (Å²) in [5, 5.41) is 3.62. The molecule has 0 saturated heterocycles. The van der Waals surface area contributed by atoms with Crippen molar-refractivity contribution in [1.29, 1.82) is 0 Å². The van der Waals surface area contributed by atoms with Crippen LogP contribution >= 0.6 is 11.8 Å². The van der Waals surface area contributed by atoms with Crippen LogP contribution in [0.2, 0.25) is 0 Å². The summed E-state index contributed by atoms with van der Waals surface area (Å²) in [5.74, 6) is 0.680. The minimum Gasteiger partial charge on any atom is -0.326 e. The van der Waals surface area contributed by atoms with Crippen molar-refractivity contribution in [3.8, 4) is 0 Å². The minimum atomic E-state index is 0.0124. The first kappa shape index (κ1) is 14.5. The molecule has 1 aromatic heterocycles. The lowest BCUT2D eigenvalue weighted by atomic mass is 10.1. The van der Waals surface area contributed by atoms with Crippen LogP contribution in [0.25, 0.3) is 0 Å². The zero-order valence-corrected chi connectivity index (χ0v) is 12.4. The second-order valence-electron chi connectivity index (χ2n) is 4.55. The monoisotopic (exact) mass is 287 g/mol. The Morgan fingerprint density at radius 1 is 1.15 bits per heavy atom. The largest absolute Gasteiger partial charge is 0.326 e. The molecule has 0 aliphatic rings.